The minimum atomic E-state index is -3.21. The second kappa shape index (κ2) is 9.19. The molecule has 2 aromatic rings. The fraction of sp³-hybridized carbons (Fsp3) is 0.368. The van der Waals surface area contributed by atoms with Gasteiger partial charge in [0.1, 0.15) is 0 Å². The smallest absolute Gasteiger partial charge is 0.223 e. The number of hydrogen-bond acceptors (Lipinski definition) is 5. The third-order valence-electron chi connectivity index (χ3n) is 4.20. The summed E-state index contributed by atoms with van der Waals surface area (Å²) in [6.45, 7) is 1.94. The minimum absolute atomic E-state index is 0.0678. The van der Waals surface area contributed by atoms with E-state index in [2.05, 4.69) is 4.98 Å². The summed E-state index contributed by atoms with van der Waals surface area (Å²) in [4.78, 5) is 18.7. The van der Waals surface area contributed by atoms with Crippen LogP contribution in [0.4, 0.5) is 0 Å². The van der Waals surface area contributed by atoms with Gasteiger partial charge in [-0.15, -0.1) is 0 Å². The van der Waals surface area contributed by atoms with Crippen LogP contribution in [0.25, 0.3) is 0 Å². The number of aromatic nitrogens is 1. The van der Waals surface area contributed by atoms with Gasteiger partial charge in [-0.25, -0.2) is 8.42 Å². The molecular formula is C19H24N2O3S2. The van der Waals surface area contributed by atoms with E-state index < -0.39 is 9.84 Å². The van der Waals surface area contributed by atoms with Gasteiger partial charge >= 0.3 is 0 Å². The second-order valence-electron chi connectivity index (χ2n) is 6.15. The van der Waals surface area contributed by atoms with Gasteiger partial charge in [0.25, 0.3) is 0 Å². The molecule has 1 aromatic carbocycles. The first-order valence-electron chi connectivity index (χ1n) is 8.32. The van der Waals surface area contributed by atoms with Gasteiger partial charge in [0.15, 0.2) is 9.84 Å². The number of benzene rings is 1. The second-order valence-corrected chi connectivity index (χ2v) is 9.27. The van der Waals surface area contributed by atoms with E-state index in [1.807, 2.05) is 25.1 Å². The van der Waals surface area contributed by atoms with Gasteiger partial charge in [0.2, 0.25) is 5.91 Å². The molecule has 0 saturated carbocycles. The van der Waals surface area contributed by atoms with Crippen molar-refractivity contribution in [2.24, 2.45) is 0 Å². The summed E-state index contributed by atoms with van der Waals surface area (Å²) >= 11 is 1.69. The molecule has 1 atom stereocenters. The third-order valence-corrected chi connectivity index (χ3v) is 6.32. The predicted octanol–water partition coefficient (Wildman–Crippen LogP) is 3.33. The van der Waals surface area contributed by atoms with E-state index in [0.29, 0.717) is 6.42 Å². The lowest BCUT2D eigenvalue weighted by molar-refractivity contribution is -0.131. The van der Waals surface area contributed by atoms with Gasteiger partial charge in [0, 0.05) is 37.4 Å². The Kier molecular flexibility index (Phi) is 7.23. The van der Waals surface area contributed by atoms with E-state index >= 15 is 0 Å². The number of amides is 1. The van der Waals surface area contributed by atoms with Crippen molar-refractivity contribution in [1.82, 2.24) is 9.88 Å². The Hall–Kier alpha value is -1.86. The van der Waals surface area contributed by atoms with E-state index in [1.54, 1.807) is 54.2 Å². The van der Waals surface area contributed by atoms with Gasteiger partial charge in [-0.1, -0.05) is 18.2 Å². The number of carbonyl (C=O) groups is 1. The largest absolute Gasteiger partial charge is 0.339 e. The lowest BCUT2D eigenvalue weighted by Crippen LogP contribution is -2.29. The lowest BCUT2D eigenvalue weighted by atomic mass is 10.1. The first kappa shape index (κ1) is 20.5. The molecule has 0 radical (unpaired) electrons. The van der Waals surface area contributed by atoms with Crippen LogP contribution in [0, 0.1) is 0 Å². The molecule has 7 heteroatoms. The zero-order valence-corrected chi connectivity index (χ0v) is 16.9. The summed E-state index contributed by atoms with van der Waals surface area (Å²) in [5.41, 5.74) is 1.92. The molecule has 0 bridgehead atoms. The Morgan fingerprint density at radius 2 is 1.88 bits per heavy atom. The summed E-state index contributed by atoms with van der Waals surface area (Å²) in [5.74, 6) is 1.60. The van der Waals surface area contributed by atoms with Crippen LogP contribution in [0.2, 0.25) is 0 Å². The molecule has 1 amide bonds. The molecule has 2 rings (SSSR count). The van der Waals surface area contributed by atoms with Gasteiger partial charge in [-0.2, -0.15) is 11.8 Å². The summed E-state index contributed by atoms with van der Waals surface area (Å²) in [7, 11) is -1.43. The lowest BCUT2D eigenvalue weighted by Gasteiger charge is -2.25. The molecule has 0 spiro atoms. The normalized spacial score (nSPS) is 12.6. The van der Waals surface area contributed by atoms with Crippen LogP contribution in [0.15, 0.2) is 53.6 Å². The Labute approximate surface area is 159 Å². The van der Waals surface area contributed by atoms with E-state index in [0.717, 1.165) is 22.8 Å². The van der Waals surface area contributed by atoms with Gasteiger partial charge < -0.3 is 4.90 Å². The minimum Gasteiger partial charge on any atom is -0.339 e. The Bertz CT molecular complexity index is 822. The zero-order valence-electron chi connectivity index (χ0n) is 15.3. The van der Waals surface area contributed by atoms with Crippen molar-refractivity contribution in [2.45, 2.75) is 30.0 Å². The molecule has 140 valence electrons. The highest BCUT2D eigenvalue weighted by molar-refractivity contribution is 7.98. The standard InChI is InChI=1S/C19H24N2O3S2/c1-15(16-7-9-18(10-8-16)26(3,23)24)21(2)19(22)11-13-25-14-17-6-4-5-12-20-17/h4-10,12,15H,11,13-14H2,1-3H3. The molecule has 0 aliphatic rings. The van der Waals surface area contributed by atoms with Gasteiger partial charge in [-0.3, -0.25) is 9.78 Å². The van der Waals surface area contributed by atoms with Crippen LogP contribution in [0.1, 0.15) is 30.6 Å². The van der Waals surface area contributed by atoms with Crippen LogP contribution in [0.5, 0.6) is 0 Å². The molecule has 0 N–H and O–H groups in total. The van der Waals surface area contributed by atoms with Crippen LogP contribution in [0.3, 0.4) is 0 Å². The topological polar surface area (TPSA) is 67.3 Å². The Balaban J connectivity index is 1.84. The number of pyridine rings is 1. The van der Waals surface area contributed by atoms with Crippen LogP contribution in [-0.2, 0) is 20.4 Å². The van der Waals surface area contributed by atoms with Crippen molar-refractivity contribution >= 4 is 27.5 Å². The van der Waals surface area contributed by atoms with E-state index in [4.69, 9.17) is 0 Å². The monoisotopic (exact) mass is 392 g/mol. The SMILES string of the molecule is CC(c1ccc(S(C)(=O)=O)cc1)N(C)C(=O)CCSCc1ccccn1. The average molecular weight is 393 g/mol. The van der Waals surface area contributed by atoms with E-state index in [9.17, 15) is 13.2 Å². The Morgan fingerprint density at radius 3 is 2.46 bits per heavy atom. The fourth-order valence-electron chi connectivity index (χ4n) is 2.43. The Morgan fingerprint density at radius 1 is 1.19 bits per heavy atom. The number of rotatable bonds is 8. The van der Waals surface area contributed by atoms with E-state index in [1.165, 1.54) is 6.26 Å². The molecular weight excluding hydrogens is 368 g/mol. The quantitative estimate of drug-likeness (QED) is 0.645. The highest BCUT2D eigenvalue weighted by atomic mass is 32.2. The van der Waals surface area contributed by atoms with Crippen molar-refractivity contribution in [2.75, 3.05) is 19.1 Å². The maximum Gasteiger partial charge on any atom is 0.223 e. The molecule has 0 aliphatic carbocycles. The molecule has 0 saturated heterocycles. The van der Waals surface area contributed by atoms with Crippen molar-refractivity contribution < 1.29 is 13.2 Å². The third kappa shape index (κ3) is 5.85. The number of hydrogen-bond donors (Lipinski definition) is 0. The fourth-order valence-corrected chi connectivity index (χ4v) is 3.90. The highest BCUT2D eigenvalue weighted by Crippen LogP contribution is 2.22. The number of nitrogens with zero attached hydrogens (tertiary/aromatic N) is 2. The van der Waals surface area contributed by atoms with Gasteiger partial charge in [-0.05, 0) is 36.8 Å². The van der Waals surface area contributed by atoms with E-state index in [-0.39, 0.29) is 16.8 Å². The van der Waals surface area contributed by atoms with Crippen molar-refractivity contribution in [3.63, 3.8) is 0 Å². The highest BCUT2D eigenvalue weighted by Gasteiger charge is 2.18. The number of sulfone groups is 1. The summed E-state index contributed by atoms with van der Waals surface area (Å²) in [6, 6.07) is 12.4. The van der Waals surface area contributed by atoms with Crippen molar-refractivity contribution in [1.29, 1.82) is 0 Å². The molecule has 1 aromatic heterocycles. The molecule has 26 heavy (non-hydrogen) atoms. The molecule has 0 aliphatic heterocycles. The van der Waals surface area contributed by atoms with Crippen molar-refractivity contribution in [3.05, 3.63) is 59.9 Å². The molecule has 1 heterocycles. The first-order valence-corrected chi connectivity index (χ1v) is 11.4. The van der Waals surface area contributed by atoms with Crippen molar-refractivity contribution in [3.8, 4) is 0 Å². The van der Waals surface area contributed by atoms with Crippen LogP contribution in [-0.4, -0.2) is 43.3 Å². The maximum absolute atomic E-state index is 12.4. The first-order chi connectivity index (χ1) is 12.3. The van der Waals surface area contributed by atoms with Crippen LogP contribution >= 0.6 is 11.8 Å². The summed E-state index contributed by atoms with van der Waals surface area (Å²) < 4.78 is 23.1. The number of carbonyl (C=O) groups excluding carboxylic acids is 1. The average Bonchev–Trinajstić information content (AvgIpc) is 2.64. The molecule has 5 nitrogen and oxygen atoms in total. The molecule has 0 fully saturated rings. The summed E-state index contributed by atoms with van der Waals surface area (Å²) in [6.07, 6.45) is 3.41. The van der Waals surface area contributed by atoms with Gasteiger partial charge in [0.05, 0.1) is 16.6 Å². The maximum atomic E-state index is 12.4. The predicted molar refractivity (Wildman–Crippen MR) is 106 cm³/mol. The molecule has 1 unspecified atom stereocenters. The number of thioether (sulfide) groups is 1. The zero-order chi connectivity index (χ0) is 19.2. The van der Waals surface area contributed by atoms with Crippen LogP contribution < -0.4 is 0 Å². The summed E-state index contributed by atoms with van der Waals surface area (Å²) in [5, 5.41) is 0.